The van der Waals surface area contributed by atoms with Crippen molar-refractivity contribution in [1.29, 1.82) is 0 Å². The molecule has 0 saturated carbocycles. The van der Waals surface area contributed by atoms with Crippen LogP contribution >= 0.6 is 0 Å². The maximum atomic E-state index is 11.6. The number of rotatable bonds is 1. The number of nitrogens with zero attached hydrogens (tertiary/aromatic N) is 2. The van der Waals surface area contributed by atoms with Crippen molar-refractivity contribution >= 4 is 5.91 Å². The van der Waals surface area contributed by atoms with Gasteiger partial charge >= 0.3 is 0 Å². The van der Waals surface area contributed by atoms with E-state index >= 15 is 0 Å². The summed E-state index contributed by atoms with van der Waals surface area (Å²) in [7, 11) is 2.11. The van der Waals surface area contributed by atoms with Crippen LogP contribution in [0.25, 0.3) is 0 Å². The fourth-order valence-corrected chi connectivity index (χ4v) is 3.27. The average molecular weight is 248 g/mol. The first-order chi connectivity index (χ1) is 8.43. The first kappa shape index (κ1) is 13.2. The van der Waals surface area contributed by atoms with E-state index in [4.69, 9.17) is 0 Å². The normalized spacial score (nSPS) is 24.7. The summed E-state index contributed by atoms with van der Waals surface area (Å²) in [4.78, 5) is 15.9. The maximum absolute atomic E-state index is 11.6. The van der Waals surface area contributed by atoms with Crippen LogP contribution in [0.4, 0.5) is 0 Å². The van der Waals surface area contributed by atoms with E-state index in [1.54, 1.807) is 6.92 Å². The molecule has 0 aromatic carbocycles. The molecule has 3 heteroatoms. The summed E-state index contributed by atoms with van der Waals surface area (Å²) in [5.41, 5.74) is 4.02. The second-order valence-corrected chi connectivity index (χ2v) is 5.79. The van der Waals surface area contributed by atoms with Crippen LogP contribution in [0.2, 0.25) is 0 Å². The van der Waals surface area contributed by atoms with Crippen LogP contribution < -0.4 is 0 Å². The second-order valence-electron chi connectivity index (χ2n) is 5.79. The zero-order valence-electron chi connectivity index (χ0n) is 12.0. The van der Waals surface area contributed by atoms with Gasteiger partial charge in [-0.15, -0.1) is 0 Å². The zero-order valence-corrected chi connectivity index (χ0v) is 12.0. The molecule has 0 saturated heterocycles. The fourth-order valence-electron chi connectivity index (χ4n) is 3.27. The third kappa shape index (κ3) is 2.06. The fraction of sp³-hybridized carbons (Fsp3) is 0.667. The Kier molecular flexibility index (Phi) is 3.51. The molecule has 2 heterocycles. The maximum Gasteiger partial charge on any atom is 0.219 e. The first-order valence-corrected chi connectivity index (χ1v) is 6.83. The lowest BCUT2D eigenvalue weighted by atomic mass is 9.87. The Hall–Kier alpha value is -1.25. The minimum Gasteiger partial charge on any atom is -0.352 e. The van der Waals surface area contributed by atoms with E-state index in [0.29, 0.717) is 11.8 Å². The molecule has 0 spiro atoms. The molecule has 0 aliphatic carbocycles. The van der Waals surface area contributed by atoms with Crippen molar-refractivity contribution in [3.63, 3.8) is 0 Å². The van der Waals surface area contributed by atoms with E-state index in [2.05, 4.69) is 32.4 Å². The Labute approximate surface area is 110 Å². The van der Waals surface area contributed by atoms with E-state index < -0.39 is 0 Å². The molecule has 0 bridgehead atoms. The third-order valence-electron chi connectivity index (χ3n) is 4.26. The summed E-state index contributed by atoms with van der Waals surface area (Å²) < 4.78 is 0. The number of amides is 1. The third-order valence-corrected chi connectivity index (χ3v) is 4.26. The topological polar surface area (TPSA) is 23.6 Å². The molecule has 0 N–H and O–H groups in total. The Morgan fingerprint density at radius 1 is 1.44 bits per heavy atom. The number of allylic oxidation sites excluding steroid dienone is 2. The van der Waals surface area contributed by atoms with Crippen LogP contribution in [0.1, 0.15) is 33.6 Å². The van der Waals surface area contributed by atoms with Gasteiger partial charge in [0.1, 0.15) is 0 Å². The van der Waals surface area contributed by atoms with Gasteiger partial charge in [0.05, 0.1) is 0 Å². The molecule has 1 amide bonds. The highest BCUT2D eigenvalue weighted by atomic mass is 16.2. The first-order valence-electron chi connectivity index (χ1n) is 6.83. The van der Waals surface area contributed by atoms with Gasteiger partial charge < -0.3 is 9.80 Å². The van der Waals surface area contributed by atoms with Crippen LogP contribution in [-0.4, -0.2) is 35.8 Å². The lowest BCUT2D eigenvalue weighted by Crippen LogP contribution is -2.32. The van der Waals surface area contributed by atoms with Gasteiger partial charge in [-0.05, 0) is 24.3 Å². The van der Waals surface area contributed by atoms with Crippen molar-refractivity contribution in [2.24, 2.45) is 11.8 Å². The van der Waals surface area contributed by atoms with E-state index in [1.807, 2.05) is 4.90 Å². The van der Waals surface area contributed by atoms with Gasteiger partial charge in [-0.2, -0.15) is 0 Å². The Morgan fingerprint density at radius 2 is 2.11 bits per heavy atom. The average Bonchev–Trinajstić information content (AvgIpc) is 2.47. The number of hydrogen-bond acceptors (Lipinski definition) is 2. The quantitative estimate of drug-likeness (QED) is 0.712. The molecule has 1 unspecified atom stereocenters. The van der Waals surface area contributed by atoms with Crippen LogP contribution in [0.15, 0.2) is 23.5 Å². The van der Waals surface area contributed by atoms with Crippen molar-refractivity contribution < 1.29 is 4.79 Å². The van der Waals surface area contributed by atoms with Gasteiger partial charge in [0.2, 0.25) is 5.91 Å². The molecule has 0 aromatic rings. The van der Waals surface area contributed by atoms with E-state index in [1.165, 1.54) is 17.0 Å². The highest BCUT2D eigenvalue weighted by molar-refractivity contribution is 5.73. The second kappa shape index (κ2) is 4.79. The SMILES string of the molecule is C=C1C(C(C)C)C2=C(CCCN(C(C)=O)C2)N1C. The van der Waals surface area contributed by atoms with Crippen molar-refractivity contribution in [3.05, 3.63) is 23.5 Å². The van der Waals surface area contributed by atoms with E-state index in [9.17, 15) is 4.79 Å². The Bertz CT molecular complexity index is 409. The van der Waals surface area contributed by atoms with Gasteiger partial charge in [0.25, 0.3) is 0 Å². The van der Waals surface area contributed by atoms with Gasteiger partial charge in [-0.1, -0.05) is 20.4 Å². The van der Waals surface area contributed by atoms with Gasteiger partial charge in [0.15, 0.2) is 0 Å². The predicted octanol–water partition coefficient (Wildman–Crippen LogP) is 2.61. The highest BCUT2D eigenvalue weighted by Gasteiger charge is 2.36. The zero-order chi connectivity index (χ0) is 13.4. The molecule has 18 heavy (non-hydrogen) atoms. The molecule has 3 nitrogen and oxygen atoms in total. The molecule has 2 aliphatic rings. The summed E-state index contributed by atoms with van der Waals surface area (Å²) in [5.74, 6) is 1.13. The summed E-state index contributed by atoms with van der Waals surface area (Å²) in [6, 6.07) is 0. The highest BCUT2D eigenvalue weighted by Crippen LogP contribution is 2.42. The standard InChI is InChI=1S/C15H24N2O/c1-10(2)15-11(3)16(5)14-7-6-8-17(12(4)18)9-13(14)15/h10,15H,3,6-9H2,1-2,4-5H3. The Morgan fingerprint density at radius 3 is 2.67 bits per heavy atom. The van der Waals surface area contributed by atoms with E-state index in [-0.39, 0.29) is 5.91 Å². The summed E-state index contributed by atoms with van der Waals surface area (Å²) in [6.45, 7) is 12.1. The number of hydrogen-bond donors (Lipinski definition) is 0. The van der Waals surface area contributed by atoms with Gasteiger partial charge in [-0.3, -0.25) is 4.79 Å². The largest absolute Gasteiger partial charge is 0.352 e. The molecule has 0 radical (unpaired) electrons. The minimum atomic E-state index is 0.187. The minimum absolute atomic E-state index is 0.187. The number of carbonyl (C=O) groups is 1. The molecule has 2 rings (SSSR count). The van der Waals surface area contributed by atoms with Crippen molar-refractivity contribution in [1.82, 2.24) is 9.80 Å². The predicted molar refractivity (Wildman–Crippen MR) is 73.7 cm³/mol. The Balaban J connectivity index is 2.34. The lowest BCUT2D eigenvalue weighted by Gasteiger charge is -2.26. The molecule has 0 fully saturated rings. The molecule has 2 aliphatic heterocycles. The molecular weight excluding hydrogens is 224 g/mol. The monoisotopic (exact) mass is 248 g/mol. The van der Waals surface area contributed by atoms with Crippen LogP contribution in [0.3, 0.4) is 0 Å². The summed E-state index contributed by atoms with van der Waals surface area (Å²) in [5, 5.41) is 0. The molecule has 1 atom stereocenters. The van der Waals surface area contributed by atoms with Crippen molar-refractivity contribution in [3.8, 4) is 0 Å². The molecule has 100 valence electrons. The van der Waals surface area contributed by atoms with Crippen molar-refractivity contribution in [2.45, 2.75) is 33.6 Å². The smallest absolute Gasteiger partial charge is 0.219 e. The molecule has 0 aromatic heterocycles. The molecular formula is C15H24N2O. The van der Waals surface area contributed by atoms with Gasteiger partial charge in [-0.25, -0.2) is 0 Å². The van der Waals surface area contributed by atoms with Crippen LogP contribution in [0.5, 0.6) is 0 Å². The lowest BCUT2D eigenvalue weighted by molar-refractivity contribution is -0.128. The summed E-state index contributed by atoms with van der Waals surface area (Å²) >= 11 is 0. The van der Waals surface area contributed by atoms with Crippen LogP contribution in [-0.2, 0) is 4.79 Å². The van der Waals surface area contributed by atoms with E-state index in [0.717, 1.165) is 25.9 Å². The van der Waals surface area contributed by atoms with Crippen molar-refractivity contribution in [2.75, 3.05) is 20.1 Å². The van der Waals surface area contributed by atoms with Gasteiger partial charge in [0, 0.05) is 44.4 Å². The summed E-state index contributed by atoms with van der Waals surface area (Å²) in [6.07, 6.45) is 2.12. The number of carbonyl (C=O) groups excluding carboxylic acids is 1. The van der Waals surface area contributed by atoms with Crippen LogP contribution in [0, 0.1) is 11.8 Å².